The van der Waals surface area contributed by atoms with Crippen molar-refractivity contribution in [1.29, 1.82) is 0 Å². The Kier molecular flexibility index (Phi) is 6.06. The van der Waals surface area contributed by atoms with Gasteiger partial charge in [0.2, 0.25) is 0 Å². The van der Waals surface area contributed by atoms with Crippen molar-refractivity contribution in [2.75, 3.05) is 6.54 Å². The van der Waals surface area contributed by atoms with Crippen LogP contribution < -0.4 is 5.32 Å². The highest BCUT2D eigenvalue weighted by atomic mass is 35.5. The van der Waals surface area contributed by atoms with E-state index < -0.39 is 0 Å². The van der Waals surface area contributed by atoms with Crippen LogP contribution in [-0.2, 0) is 12.8 Å². The van der Waals surface area contributed by atoms with Crippen molar-refractivity contribution in [3.05, 3.63) is 49.4 Å². The van der Waals surface area contributed by atoms with Gasteiger partial charge in [-0.15, -0.1) is 11.3 Å². The van der Waals surface area contributed by atoms with Gasteiger partial charge >= 0.3 is 0 Å². The third-order valence-corrected chi connectivity index (χ3v) is 5.15. The van der Waals surface area contributed by atoms with Gasteiger partial charge in [0.1, 0.15) is 0 Å². The lowest BCUT2D eigenvalue weighted by Crippen LogP contribution is -2.33. The Balaban J connectivity index is 2.11. The minimum atomic E-state index is 0.332. The molecule has 0 fully saturated rings. The molecule has 0 saturated heterocycles. The standard InChI is InChI=1S/C16H20Cl2N2S/c1-4-19-14(9-16-20-10(2)11(3)21-16)7-12-5-6-13(17)8-15(12)18/h5-6,8,14,19H,4,7,9H2,1-3H3. The summed E-state index contributed by atoms with van der Waals surface area (Å²) in [5.41, 5.74) is 2.26. The van der Waals surface area contributed by atoms with E-state index in [0.717, 1.165) is 35.7 Å². The summed E-state index contributed by atoms with van der Waals surface area (Å²) in [6.07, 6.45) is 1.80. The summed E-state index contributed by atoms with van der Waals surface area (Å²) in [7, 11) is 0. The molecule has 0 radical (unpaired) electrons. The molecule has 1 unspecified atom stereocenters. The summed E-state index contributed by atoms with van der Waals surface area (Å²) in [5.74, 6) is 0. The maximum atomic E-state index is 6.28. The number of likely N-dealkylation sites (N-methyl/N-ethyl adjacent to an activating group) is 1. The second-order valence-electron chi connectivity index (χ2n) is 5.15. The van der Waals surface area contributed by atoms with Crippen LogP contribution in [-0.4, -0.2) is 17.6 Å². The number of rotatable bonds is 6. The first-order chi connectivity index (χ1) is 9.99. The third kappa shape index (κ3) is 4.68. The van der Waals surface area contributed by atoms with Gasteiger partial charge in [-0.25, -0.2) is 4.98 Å². The maximum absolute atomic E-state index is 6.28. The van der Waals surface area contributed by atoms with E-state index in [9.17, 15) is 0 Å². The number of halogens is 2. The zero-order chi connectivity index (χ0) is 15.4. The highest BCUT2D eigenvalue weighted by molar-refractivity contribution is 7.11. The van der Waals surface area contributed by atoms with Crippen LogP contribution in [0.5, 0.6) is 0 Å². The van der Waals surface area contributed by atoms with Gasteiger partial charge in [0.15, 0.2) is 0 Å². The number of hydrogen-bond donors (Lipinski definition) is 1. The fraction of sp³-hybridized carbons (Fsp3) is 0.438. The molecule has 1 N–H and O–H groups in total. The second kappa shape index (κ2) is 7.59. The Hall–Kier alpha value is -0.610. The first-order valence-electron chi connectivity index (χ1n) is 7.09. The van der Waals surface area contributed by atoms with E-state index >= 15 is 0 Å². The molecule has 1 heterocycles. The lowest BCUT2D eigenvalue weighted by Gasteiger charge is -2.17. The first kappa shape index (κ1) is 16.8. The van der Waals surface area contributed by atoms with Crippen LogP contribution in [0.4, 0.5) is 0 Å². The molecule has 0 saturated carbocycles. The molecule has 1 aromatic heterocycles. The largest absolute Gasteiger partial charge is 0.314 e. The molecule has 0 bridgehead atoms. The normalized spacial score (nSPS) is 12.6. The number of aromatic nitrogens is 1. The quantitative estimate of drug-likeness (QED) is 0.813. The van der Waals surface area contributed by atoms with Crippen molar-refractivity contribution < 1.29 is 0 Å². The van der Waals surface area contributed by atoms with E-state index in [2.05, 4.69) is 31.1 Å². The predicted octanol–water partition coefficient (Wildman–Crippen LogP) is 4.83. The molecule has 1 aromatic carbocycles. The molecule has 0 aliphatic heterocycles. The van der Waals surface area contributed by atoms with Crippen molar-refractivity contribution in [2.24, 2.45) is 0 Å². The molecule has 21 heavy (non-hydrogen) atoms. The van der Waals surface area contributed by atoms with Crippen LogP contribution in [0, 0.1) is 13.8 Å². The molecule has 1 atom stereocenters. The predicted molar refractivity (Wildman–Crippen MR) is 92.9 cm³/mol. The molecule has 0 spiro atoms. The van der Waals surface area contributed by atoms with Gasteiger partial charge in [-0.05, 0) is 44.5 Å². The van der Waals surface area contributed by atoms with Gasteiger partial charge in [0.25, 0.3) is 0 Å². The molecular weight excluding hydrogens is 323 g/mol. The van der Waals surface area contributed by atoms with Gasteiger partial charge in [-0.3, -0.25) is 0 Å². The molecule has 0 amide bonds. The van der Waals surface area contributed by atoms with Crippen molar-refractivity contribution in [3.8, 4) is 0 Å². The summed E-state index contributed by atoms with van der Waals surface area (Å²) in [5, 5.41) is 6.12. The summed E-state index contributed by atoms with van der Waals surface area (Å²) in [6.45, 7) is 7.23. The lowest BCUT2D eigenvalue weighted by molar-refractivity contribution is 0.520. The summed E-state index contributed by atoms with van der Waals surface area (Å²) >= 11 is 14.0. The van der Waals surface area contributed by atoms with Crippen molar-refractivity contribution >= 4 is 34.5 Å². The van der Waals surface area contributed by atoms with E-state index in [0.29, 0.717) is 11.1 Å². The monoisotopic (exact) mass is 342 g/mol. The molecule has 0 aliphatic rings. The SMILES string of the molecule is CCNC(Cc1nc(C)c(C)s1)Cc1ccc(Cl)cc1Cl. The second-order valence-corrected chi connectivity index (χ2v) is 7.28. The van der Waals surface area contributed by atoms with Crippen LogP contribution in [0.1, 0.15) is 28.1 Å². The minimum Gasteiger partial charge on any atom is -0.314 e. The fourth-order valence-corrected chi connectivity index (χ4v) is 3.79. The van der Waals surface area contributed by atoms with Crippen molar-refractivity contribution in [2.45, 2.75) is 39.7 Å². The van der Waals surface area contributed by atoms with E-state index in [-0.39, 0.29) is 0 Å². The number of thiazole rings is 1. The summed E-state index contributed by atoms with van der Waals surface area (Å²) < 4.78 is 0. The van der Waals surface area contributed by atoms with Gasteiger partial charge < -0.3 is 5.32 Å². The smallest absolute Gasteiger partial charge is 0.0946 e. The van der Waals surface area contributed by atoms with Crippen LogP contribution in [0.15, 0.2) is 18.2 Å². The minimum absolute atomic E-state index is 0.332. The molecular formula is C16H20Cl2N2S. The van der Waals surface area contributed by atoms with E-state index in [4.69, 9.17) is 23.2 Å². The number of hydrogen-bond acceptors (Lipinski definition) is 3. The average molecular weight is 343 g/mol. The Bertz CT molecular complexity index is 591. The maximum Gasteiger partial charge on any atom is 0.0946 e. The molecule has 0 aliphatic carbocycles. The van der Waals surface area contributed by atoms with E-state index in [1.54, 1.807) is 17.4 Å². The van der Waals surface area contributed by atoms with Gasteiger partial charge in [0.05, 0.1) is 10.7 Å². The van der Waals surface area contributed by atoms with Crippen molar-refractivity contribution in [3.63, 3.8) is 0 Å². The van der Waals surface area contributed by atoms with Gasteiger partial charge in [-0.1, -0.05) is 36.2 Å². The summed E-state index contributed by atoms with van der Waals surface area (Å²) in [4.78, 5) is 5.93. The molecule has 2 aromatic rings. The highest BCUT2D eigenvalue weighted by Crippen LogP contribution is 2.24. The zero-order valence-electron chi connectivity index (χ0n) is 12.5. The average Bonchev–Trinajstić information content (AvgIpc) is 2.72. The van der Waals surface area contributed by atoms with Crippen LogP contribution in [0.2, 0.25) is 10.0 Å². The Morgan fingerprint density at radius 2 is 2.00 bits per heavy atom. The van der Waals surface area contributed by atoms with Crippen molar-refractivity contribution in [1.82, 2.24) is 10.3 Å². The Labute approximate surface area is 140 Å². The molecule has 114 valence electrons. The number of nitrogens with one attached hydrogen (secondary N) is 1. The van der Waals surface area contributed by atoms with Gasteiger partial charge in [-0.2, -0.15) is 0 Å². The van der Waals surface area contributed by atoms with Gasteiger partial charge in [0, 0.05) is 27.4 Å². The van der Waals surface area contributed by atoms with E-state index in [1.807, 2.05) is 12.1 Å². The topological polar surface area (TPSA) is 24.9 Å². The zero-order valence-corrected chi connectivity index (χ0v) is 14.9. The first-order valence-corrected chi connectivity index (χ1v) is 8.67. The fourth-order valence-electron chi connectivity index (χ4n) is 2.30. The molecule has 5 heteroatoms. The third-order valence-electron chi connectivity index (χ3n) is 3.47. The number of benzene rings is 1. The summed E-state index contributed by atoms with van der Waals surface area (Å²) in [6, 6.07) is 6.04. The molecule has 2 rings (SSSR count). The Morgan fingerprint density at radius 3 is 2.57 bits per heavy atom. The number of aryl methyl sites for hydroxylation is 2. The number of nitrogens with zero attached hydrogens (tertiary/aromatic N) is 1. The molecule has 2 nitrogen and oxygen atoms in total. The highest BCUT2D eigenvalue weighted by Gasteiger charge is 2.14. The van der Waals surface area contributed by atoms with Crippen LogP contribution >= 0.6 is 34.5 Å². The lowest BCUT2D eigenvalue weighted by atomic mass is 10.0. The van der Waals surface area contributed by atoms with Crippen LogP contribution in [0.3, 0.4) is 0 Å². The van der Waals surface area contributed by atoms with Crippen LogP contribution in [0.25, 0.3) is 0 Å². The Morgan fingerprint density at radius 1 is 1.24 bits per heavy atom. The van der Waals surface area contributed by atoms with E-state index in [1.165, 1.54) is 9.88 Å².